The maximum absolute atomic E-state index is 13.9. The van der Waals surface area contributed by atoms with Crippen LogP contribution in [-0.4, -0.2) is 13.2 Å². The van der Waals surface area contributed by atoms with Gasteiger partial charge in [-0.1, -0.05) is 48.9 Å². The van der Waals surface area contributed by atoms with Crippen LogP contribution in [0.15, 0.2) is 42.5 Å². The van der Waals surface area contributed by atoms with Crippen LogP contribution in [0.2, 0.25) is 0 Å². The van der Waals surface area contributed by atoms with Gasteiger partial charge in [-0.25, -0.2) is 4.39 Å². The lowest BCUT2D eigenvalue weighted by Crippen LogP contribution is -2.26. The molecule has 2 aromatic rings. The van der Waals surface area contributed by atoms with Crippen LogP contribution in [0.25, 0.3) is 0 Å². The molecular weight excluding hydrogens is 265 g/mol. The van der Waals surface area contributed by atoms with E-state index >= 15 is 0 Å². The molecule has 0 amide bonds. The third-order valence-electron chi connectivity index (χ3n) is 3.49. The van der Waals surface area contributed by atoms with Crippen molar-refractivity contribution in [1.82, 2.24) is 5.32 Å². The van der Waals surface area contributed by atoms with Crippen LogP contribution < -0.4 is 10.1 Å². The molecule has 2 rings (SSSR count). The normalized spacial score (nSPS) is 12.2. The van der Waals surface area contributed by atoms with Gasteiger partial charge >= 0.3 is 0 Å². The Morgan fingerprint density at radius 1 is 1.10 bits per heavy atom. The topological polar surface area (TPSA) is 21.3 Å². The first-order valence-corrected chi connectivity index (χ1v) is 7.29. The molecule has 2 aromatic carbocycles. The lowest BCUT2D eigenvalue weighted by Gasteiger charge is -2.19. The molecule has 0 bridgehead atoms. The minimum Gasteiger partial charge on any atom is -0.489 e. The van der Waals surface area contributed by atoms with Crippen LogP contribution in [0.5, 0.6) is 5.75 Å². The summed E-state index contributed by atoms with van der Waals surface area (Å²) in [6, 6.07) is 13.6. The van der Waals surface area contributed by atoms with Crippen LogP contribution in [0.3, 0.4) is 0 Å². The number of ether oxygens (including phenoxy) is 1. The van der Waals surface area contributed by atoms with E-state index in [4.69, 9.17) is 4.74 Å². The fourth-order valence-corrected chi connectivity index (χ4v) is 2.22. The Morgan fingerprint density at radius 3 is 2.48 bits per heavy atom. The minimum atomic E-state index is -0.281. The van der Waals surface area contributed by atoms with E-state index in [1.807, 2.05) is 6.07 Å². The highest BCUT2D eigenvalue weighted by atomic mass is 19.1. The van der Waals surface area contributed by atoms with Crippen LogP contribution >= 0.6 is 0 Å². The molecule has 0 aliphatic heterocycles. The zero-order valence-corrected chi connectivity index (χ0v) is 12.8. The molecule has 0 aliphatic carbocycles. The molecule has 3 heteroatoms. The van der Waals surface area contributed by atoms with Gasteiger partial charge in [0.15, 0.2) is 11.6 Å². The van der Waals surface area contributed by atoms with Crippen molar-refractivity contribution >= 4 is 0 Å². The summed E-state index contributed by atoms with van der Waals surface area (Å²) >= 11 is 0. The number of halogens is 1. The summed E-state index contributed by atoms with van der Waals surface area (Å²) in [6.07, 6.45) is 0. The minimum absolute atomic E-state index is 0.0514. The van der Waals surface area contributed by atoms with Gasteiger partial charge in [0.25, 0.3) is 0 Å². The van der Waals surface area contributed by atoms with E-state index in [2.05, 4.69) is 43.4 Å². The summed E-state index contributed by atoms with van der Waals surface area (Å²) in [7, 11) is 0. The van der Waals surface area contributed by atoms with Gasteiger partial charge in [0.05, 0.1) is 6.04 Å². The van der Waals surface area contributed by atoms with Gasteiger partial charge in [0, 0.05) is 0 Å². The molecule has 1 N–H and O–H groups in total. The van der Waals surface area contributed by atoms with Gasteiger partial charge in [-0.2, -0.15) is 0 Å². The zero-order valence-electron chi connectivity index (χ0n) is 12.8. The van der Waals surface area contributed by atoms with Gasteiger partial charge < -0.3 is 10.1 Å². The summed E-state index contributed by atoms with van der Waals surface area (Å²) in [5.41, 5.74) is 2.97. The molecular formula is C18H22FNO. The second kappa shape index (κ2) is 7.23. The summed E-state index contributed by atoms with van der Waals surface area (Å²) in [4.78, 5) is 0. The first-order chi connectivity index (χ1) is 10.1. The third-order valence-corrected chi connectivity index (χ3v) is 3.49. The van der Waals surface area contributed by atoms with Crippen molar-refractivity contribution in [2.75, 3.05) is 13.2 Å². The summed E-state index contributed by atoms with van der Waals surface area (Å²) in [5.74, 6) is 0.0293. The smallest absolute Gasteiger partial charge is 0.167 e. The Balaban J connectivity index is 2.09. The van der Waals surface area contributed by atoms with E-state index in [9.17, 15) is 4.39 Å². The Morgan fingerprint density at radius 2 is 1.81 bits per heavy atom. The molecule has 0 aromatic heterocycles. The van der Waals surface area contributed by atoms with Crippen molar-refractivity contribution in [3.63, 3.8) is 0 Å². The molecule has 0 saturated carbocycles. The van der Waals surface area contributed by atoms with Crippen molar-refractivity contribution in [3.05, 3.63) is 65.0 Å². The summed E-state index contributed by atoms with van der Waals surface area (Å²) < 4.78 is 19.6. The third kappa shape index (κ3) is 4.05. The molecule has 0 spiro atoms. The second-order valence-electron chi connectivity index (χ2n) is 5.22. The van der Waals surface area contributed by atoms with Crippen molar-refractivity contribution in [1.29, 1.82) is 0 Å². The summed E-state index contributed by atoms with van der Waals surface area (Å²) in [5, 5.41) is 3.38. The Kier molecular flexibility index (Phi) is 5.34. The lowest BCUT2D eigenvalue weighted by molar-refractivity contribution is 0.256. The highest BCUT2D eigenvalue weighted by molar-refractivity contribution is 5.30. The van der Waals surface area contributed by atoms with Crippen LogP contribution in [0.1, 0.15) is 29.7 Å². The SMILES string of the molecule is CCNC(COc1cccc(C)c1F)c1ccc(C)cc1. The standard InChI is InChI=1S/C18H22FNO/c1-4-20-16(15-10-8-13(2)9-11-15)12-21-17-7-5-6-14(3)18(17)19/h5-11,16,20H,4,12H2,1-3H3. The predicted octanol–water partition coefficient (Wildman–Crippen LogP) is 4.17. The molecule has 21 heavy (non-hydrogen) atoms. The van der Waals surface area contributed by atoms with Gasteiger partial charge in [-0.3, -0.25) is 0 Å². The van der Waals surface area contributed by atoms with Crippen molar-refractivity contribution in [2.45, 2.75) is 26.8 Å². The molecule has 2 nitrogen and oxygen atoms in total. The average molecular weight is 287 g/mol. The number of nitrogens with one attached hydrogen (secondary N) is 1. The second-order valence-corrected chi connectivity index (χ2v) is 5.22. The summed E-state index contributed by atoms with van der Waals surface area (Å²) in [6.45, 7) is 7.08. The Bertz CT molecular complexity index is 580. The maximum Gasteiger partial charge on any atom is 0.167 e. The van der Waals surface area contributed by atoms with Gasteiger partial charge in [0.1, 0.15) is 6.61 Å². The lowest BCUT2D eigenvalue weighted by atomic mass is 10.1. The van der Waals surface area contributed by atoms with Gasteiger partial charge in [0.2, 0.25) is 0 Å². The molecule has 1 atom stereocenters. The van der Waals surface area contributed by atoms with E-state index in [1.165, 1.54) is 5.56 Å². The van der Waals surface area contributed by atoms with Crippen LogP contribution in [0, 0.1) is 19.7 Å². The average Bonchev–Trinajstić information content (AvgIpc) is 2.48. The molecule has 1 unspecified atom stereocenters. The Hall–Kier alpha value is -1.87. The number of hydrogen-bond acceptors (Lipinski definition) is 2. The highest BCUT2D eigenvalue weighted by Gasteiger charge is 2.13. The number of rotatable bonds is 6. The van der Waals surface area contributed by atoms with E-state index in [0.29, 0.717) is 17.9 Å². The van der Waals surface area contributed by atoms with E-state index < -0.39 is 0 Å². The molecule has 0 heterocycles. The Labute approximate surface area is 126 Å². The largest absolute Gasteiger partial charge is 0.489 e. The number of hydrogen-bond donors (Lipinski definition) is 1. The van der Waals surface area contributed by atoms with E-state index in [0.717, 1.165) is 12.1 Å². The zero-order chi connectivity index (χ0) is 15.2. The first kappa shape index (κ1) is 15.5. The van der Waals surface area contributed by atoms with E-state index in [-0.39, 0.29) is 11.9 Å². The molecule has 0 aliphatic rings. The van der Waals surface area contributed by atoms with E-state index in [1.54, 1.807) is 19.1 Å². The van der Waals surface area contributed by atoms with Crippen LogP contribution in [0.4, 0.5) is 4.39 Å². The van der Waals surface area contributed by atoms with Crippen LogP contribution in [-0.2, 0) is 0 Å². The molecule has 112 valence electrons. The number of aryl methyl sites for hydroxylation is 2. The quantitative estimate of drug-likeness (QED) is 0.861. The number of likely N-dealkylation sites (N-methyl/N-ethyl adjacent to an activating group) is 1. The maximum atomic E-state index is 13.9. The molecule has 0 saturated heterocycles. The monoisotopic (exact) mass is 287 g/mol. The number of benzene rings is 2. The fourth-order valence-electron chi connectivity index (χ4n) is 2.22. The molecule has 0 radical (unpaired) electrons. The predicted molar refractivity (Wildman–Crippen MR) is 84.2 cm³/mol. The molecule has 0 fully saturated rings. The van der Waals surface area contributed by atoms with Gasteiger partial charge in [-0.05, 0) is 37.6 Å². The van der Waals surface area contributed by atoms with Crippen molar-refractivity contribution in [3.8, 4) is 5.75 Å². The highest BCUT2D eigenvalue weighted by Crippen LogP contribution is 2.22. The van der Waals surface area contributed by atoms with Crippen molar-refractivity contribution in [2.24, 2.45) is 0 Å². The fraction of sp³-hybridized carbons (Fsp3) is 0.333. The van der Waals surface area contributed by atoms with Crippen molar-refractivity contribution < 1.29 is 9.13 Å². The van der Waals surface area contributed by atoms with Gasteiger partial charge in [-0.15, -0.1) is 0 Å². The first-order valence-electron chi connectivity index (χ1n) is 7.29.